The molecule has 1 atom stereocenters. The first kappa shape index (κ1) is 20.2. The highest BCUT2D eigenvalue weighted by molar-refractivity contribution is 7.89. The van der Waals surface area contributed by atoms with E-state index in [0.29, 0.717) is 17.7 Å². The van der Waals surface area contributed by atoms with Crippen molar-refractivity contribution in [2.45, 2.75) is 30.7 Å². The Hall–Kier alpha value is -2.52. The van der Waals surface area contributed by atoms with Crippen LogP contribution in [0.1, 0.15) is 18.4 Å². The van der Waals surface area contributed by atoms with Gasteiger partial charge in [0.25, 0.3) is 0 Å². The number of nitrogens with zero attached hydrogens (tertiary/aromatic N) is 1. The predicted octanol–water partition coefficient (Wildman–Crippen LogP) is 3.07. The molecule has 3 rings (SSSR count). The van der Waals surface area contributed by atoms with Gasteiger partial charge in [0.1, 0.15) is 29.1 Å². The van der Waals surface area contributed by atoms with Crippen LogP contribution in [0.5, 0.6) is 5.75 Å². The summed E-state index contributed by atoms with van der Waals surface area (Å²) < 4.78 is 60.2. The Kier molecular flexibility index (Phi) is 5.66. The third-order valence-electron chi connectivity index (χ3n) is 4.70. The molecule has 1 saturated heterocycles. The maximum atomic E-state index is 13.8. The molecule has 0 aliphatic carbocycles. The lowest BCUT2D eigenvalue weighted by molar-refractivity contribution is -0.119. The predicted molar refractivity (Wildman–Crippen MR) is 99.6 cm³/mol. The van der Waals surface area contributed by atoms with Crippen LogP contribution in [0.15, 0.2) is 41.3 Å². The van der Waals surface area contributed by atoms with E-state index in [1.54, 1.807) is 19.1 Å². The number of para-hydroxylation sites is 1. The monoisotopic (exact) mass is 410 g/mol. The quantitative estimate of drug-likeness (QED) is 0.822. The summed E-state index contributed by atoms with van der Waals surface area (Å²) in [4.78, 5) is 12.7. The molecule has 0 aromatic heterocycles. The van der Waals surface area contributed by atoms with Crippen molar-refractivity contribution in [3.63, 3.8) is 0 Å². The van der Waals surface area contributed by atoms with Crippen LogP contribution < -0.4 is 10.1 Å². The molecule has 0 radical (unpaired) electrons. The first-order chi connectivity index (χ1) is 13.3. The van der Waals surface area contributed by atoms with Crippen LogP contribution in [0.25, 0.3) is 0 Å². The van der Waals surface area contributed by atoms with Crippen LogP contribution in [0.4, 0.5) is 14.5 Å². The Morgan fingerprint density at radius 1 is 1.21 bits per heavy atom. The van der Waals surface area contributed by atoms with E-state index in [2.05, 4.69) is 5.32 Å². The summed E-state index contributed by atoms with van der Waals surface area (Å²) in [6, 6.07) is 6.81. The van der Waals surface area contributed by atoms with Crippen molar-refractivity contribution in [1.82, 2.24) is 4.31 Å². The summed E-state index contributed by atoms with van der Waals surface area (Å²) in [6.45, 7) is 1.78. The lowest BCUT2D eigenvalue weighted by atomic mass is 10.2. The van der Waals surface area contributed by atoms with Gasteiger partial charge in [0, 0.05) is 12.6 Å². The Morgan fingerprint density at radius 2 is 1.89 bits per heavy atom. The standard InChI is InChI=1S/C19H20F2N2O4S/c1-12-8-9-13(27-2)11-17(12)28(25,26)23-10-4-7-16(23)19(24)22-18-14(20)5-3-6-15(18)21/h3,5-6,8-9,11,16H,4,7,10H2,1-2H3,(H,22,24)/t16-/m0/s1. The number of ether oxygens (including phenoxy) is 1. The van der Waals surface area contributed by atoms with E-state index < -0.39 is 39.3 Å². The van der Waals surface area contributed by atoms with E-state index in [-0.39, 0.29) is 17.9 Å². The van der Waals surface area contributed by atoms with Gasteiger partial charge in [-0.1, -0.05) is 12.1 Å². The summed E-state index contributed by atoms with van der Waals surface area (Å²) in [6.07, 6.45) is 0.713. The number of halogens is 2. The molecule has 1 aliphatic rings. The highest BCUT2D eigenvalue weighted by Crippen LogP contribution is 2.31. The summed E-state index contributed by atoms with van der Waals surface area (Å²) in [7, 11) is -2.58. The second-order valence-corrected chi connectivity index (χ2v) is 8.35. The van der Waals surface area contributed by atoms with Gasteiger partial charge in [-0.25, -0.2) is 17.2 Å². The third kappa shape index (κ3) is 3.72. The number of sulfonamides is 1. The average Bonchev–Trinajstić information content (AvgIpc) is 3.16. The number of amides is 1. The number of hydrogen-bond acceptors (Lipinski definition) is 4. The molecule has 6 nitrogen and oxygen atoms in total. The second kappa shape index (κ2) is 7.84. The minimum atomic E-state index is -4.00. The Morgan fingerprint density at radius 3 is 2.54 bits per heavy atom. The average molecular weight is 410 g/mol. The number of carbonyl (C=O) groups excluding carboxylic acids is 1. The minimum absolute atomic E-state index is 0.0311. The van der Waals surface area contributed by atoms with Crippen molar-refractivity contribution in [3.05, 3.63) is 53.6 Å². The van der Waals surface area contributed by atoms with Crippen LogP contribution in [-0.4, -0.2) is 38.3 Å². The van der Waals surface area contributed by atoms with E-state index >= 15 is 0 Å². The zero-order valence-corrected chi connectivity index (χ0v) is 16.2. The fraction of sp³-hybridized carbons (Fsp3) is 0.316. The lowest BCUT2D eigenvalue weighted by Crippen LogP contribution is -2.43. The van der Waals surface area contributed by atoms with E-state index in [0.717, 1.165) is 16.4 Å². The largest absolute Gasteiger partial charge is 0.497 e. The van der Waals surface area contributed by atoms with Gasteiger partial charge in [-0.15, -0.1) is 0 Å². The maximum Gasteiger partial charge on any atom is 0.244 e. The molecule has 1 N–H and O–H groups in total. The summed E-state index contributed by atoms with van der Waals surface area (Å²) in [5, 5.41) is 2.19. The molecule has 150 valence electrons. The van der Waals surface area contributed by atoms with E-state index in [9.17, 15) is 22.0 Å². The molecule has 1 aliphatic heterocycles. The third-order valence-corrected chi connectivity index (χ3v) is 6.75. The molecule has 1 heterocycles. The van der Waals surface area contributed by atoms with Crippen LogP contribution >= 0.6 is 0 Å². The summed E-state index contributed by atoms with van der Waals surface area (Å²) >= 11 is 0. The molecule has 2 aromatic carbocycles. The fourth-order valence-corrected chi connectivity index (χ4v) is 5.12. The molecule has 0 saturated carbocycles. The molecule has 28 heavy (non-hydrogen) atoms. The fourth-order valence-electron chi connectivity index (χ4n) is 3.23. The van der Waals surface area contributed by atoms with Crippen molar-refractivity contribution >= 4 is 21.6 Å². The van der Waals surface area contributed by atoms with Crippen molar-refractivity contribution < 1.29 is 26.7 Å². The molecule has 1 fully saturated rings. The van der Waals surface area contributed by atoms with Crippen LogP contribution in [0.3, 0.4) is 0 Å². The number of anilines is 1. The highest BCUT2D eigenvalue weighted by atomic mass is 32.2. The molecule has 2 aromatic rings. The van der Waals surface area contributed by atoms with Crippen LogP contribution in [-0.2, 0) is 14.8 Å². The number of methoxy groups -OCH3 is 1. The minimum Gasteiger partial charge on any atom is -0.497 e. The lowest BCUT2D eigenvalue weighted by Gasteiger charge is -2.24. The summed E-state index contributed by atoms with van der Waals surface area (Å²) in [5.41, 5.74) is -0.0821. The Balaban J connectivity index is 1.91. The van der Waals surface area contributed by atoms with Gasteiger partial charge in [0.05, 0.1) is 12.0 Å². The van der Waals surface area contributed by atoms with Crippen molar-refractivity contribution in [2.75, 3.05) is 19.0 Å². The topological polar surface area (TPSA) is 75.7 Å². The van der Waals surface area contributed by atoms with Gasteiger partial charge in [0.2, 0.25) is 15.9 Å². The number of nitrogens with one attached hydrogen (secondary N) is 1. The molecule has 9 heteroatoms. The molecule has 1 amide bonds. The summed E-state index contributed by atoms with van der Waals surface area (Å²) in [5.74, 6) is -2.25. The highest BCUT2D eigenvalue weighted by Gasteiger charge is 2.40. The van der Waals surface area contributed by atoms with E-state index in [4.69, 9.17) is 4.74 Å². The van der Waals surface area contributed by atoms with Gasteiger partial charge in [0.15, 0.2) is 0 Å². The first-order valence-electron chi connectivity index (χ1n) is 8.67. The molecule has 0 spiro atoms. The maximum absolute atomic E-state index is 13.8. The molecule has 0 bridgehead atoms. The Labute approximate surface area is 162 Å². The molecular weight excluding hydrogens is 390 g/mol. The SMILES string of the molecule is COc1ccc(C)c(S(=O)(=O)N2CCC[C@H]2C(=O)Nc2c(F)cccc2F)c1. The van der Waals surface area contributed by atoms with Crippen LogP contribution in [0.2, 0.25) is 0 Å². The van der Waals surface area contributed by atoms with Crippen molar-refractivity contribution in [2.24, 2.45) is 0 Å². The number of carbonyl (C=O) groups is 1. The number of aryl methyl sites for hydroxylation is 1. The number of hydrogen-bond donors (Lipinski definition) is 1. The van der Waals surface area contributed by atoms with Gasteiger partial charge in [-0.3, -0.25) is 4.79 Å². The van der Waals surface area contributed by atoms with Crippen molar-refractivity contribution in [3.8, 4) is 5.75 Å². The van der Waals surface area contributed by atoms with Crippen molar-refractivity contribution in [1.29, 1.82) is 0 Å². The zero-order valence-electron chi connectivity index (χ0n) is 15.4. The number of benzene rings is 2. The zero-order chi connectivity index (χ0) is 20.5. The van der Waals surface area contributed by atoms with E-state index in [1.807, 2.05) is 0 Å². The van der Waals surface area contributed by atoms with Gasteiger partial charge < -0.3 is 10.1 Å². The van der Waals surface area contributed by atoms with Gasteiger partial charge in [-0.2, -0.15) is 4.31 Å². The smallest absolute Gasteiger partial charge is 0.244 e. The molecular formula is C19H20F2N2O4S. The second-order valence-electron chi connectivity index (χ2n) is 6.49. The normalized spacial score (nSPS) is 17.5. The van der Waals surface area contributed by atoms with Crippen LogP contribution in [0, 0.1) is 18.6 Å². The first-order valence-corrected chi connectivity index (χ1v) is 10.1. The number of rotatable bonds is 5. The molecule has 0 unspecified atom stereocenters. The Bertz CT molecular complexity index is 991. The van der Waals surface area contributed by atoms with E-state index in [1.165, 1.54) is 19.2 Å². The van der Waals surface area contributed by atoms with Gasteiger partial charge >= 0.3 is 0 Å². The van der Waals surface area contributed by atoms with Gasteiger partial charge in [-0.05, 0) is 43.5 Å².